The van der Waals surface area contributed by atoms with Gasteiger partial charge < -0.3 is 19.4 Å². The lowest BCUT2D eigenvalue weighted by Crippen LogP contribution is -2.32. The largest absolute Gasteiger partial charge is 0.466 e. The van der Waals surface area contributed by atoms with Crippen molar-refractivity contribution in [2.75, 3.05) is 7.11 Å². The fraction of sp³-hybridized carbons (Fsp3) is 0.421. The molecule has 26 heavy (non-hydrogen) atoms. The zero-order chi connectivity index (χ0) is 19.3. The van der Waals surface area contributed by atoms with E-state index < -0.39 is 17.7 Å². The first-order chi connectivity index (χ1) is 12.2. The summed E-state index contributed by atoms with van der Waals surface area (Å²) in [6.45, 7) is 8.43. The van der Waals surface area contributed by atoms with E-state index in [1.807, 2.05) is 50.5 Å². The zero-order valence-electron chi connectivity index (χ0n) is 15.8. The molecule has 2 aromatic rings. The number of carbonyl (C=O) groups excluding carboxylic acids is 2. The number of alkyl carbamates (subject to hydrolysis) is 1. The summed E-state index contributed by atoms with van der Waals surface area (Å²) >= 11 is 0. The summed E-state index contributed by atoms with van der Waals surface area (Å²) in [6.07, 6.45) is 2.59. The Morgan fingerprint density at radius 2 is 2.04 bits per heavy atom. The second kappa shape index (κ2) is 8.03. The van der Waals surface area contributed by atoms with Crippen molar-refractivity contribution in [1.29, 1.82) is 0 Å². The van der Waals surface area contributed by atoms with Crippen LogP contribution in [0.15, 0.2) is 24.3 Å². The first-order valence-corrected chi connectivity index (χ1v) is 8.45. The number of carbonyl (C=O) groups is 2. The van der Waals surface area contributed by atoms with Crippen LogP contribution in [0.5, 0.6) is 0 Å². The number of esters is 1. The molecule has 1 heterocycles. The molecule has 0 atom stereocenters. The zero-order valence-corrected chi connectivity index (χ0v) is 15.8. The number of imidazole rings is 1. The maximum Gasteiger partial charge on any atom is 0.408 e. The number of nitrogens with zero attached hydrogens (tertiary/aromatic N) is 2. The van der Waals surface area contributed by atoms with Crippen LogP contribution in [-0.2, 0) is 27.4 Å². The van der Waals surface area contributed by atoms with Gasteiger partial charge in [0.05, 0.1) is 24.7 Å². The average Bonchev–Trinajstić information content (AvgIpc) is 2.93. The van der Waals surface area contributed by atoms with Gasteiger partial charge in [0.2, 0.25) is 0 Å². The van der Waals surface area contributed by atoms with Crippen LogP contribution >= 0.6 is 0 Å². The van der Waals surface area contributed by atoms with Gasteiger partial charge in [0.15, 0.2) is 0 Å². The third-order valence-electron chi connectivity index (χ3n) is 3.57. The maximum atomic E-state index is 11.9. The van der Waals surface area contributed by atoms with Crippen molar-refractivity contribution in [3.8, 4) is 0 Å². The van der Waals surface area contributed by atoms with Crippen LogP contribution in [0.4, 0.5) is 4.79 Å². The highest BCUT2D eigenvalue weighted by molar-refractivity contribution is 5.88. The Bertz CT molecular complexity index is 831. The van der Waals surface area contributed by atoms with E-state index in [9.17, 15) is 9.59 Å². The molecule has 0 saturated carbocycles. The molecular weight excluding hydrogens is 334 g/mol. The first kappa shape index (κ1) is 19.5. The van der Waals surface area contributed by atoms with E-state index in [0.717, 1.165) is 22.4 Å². The standard InChI is InChI=1S/C19H25N3O4/c1-6-22-15-11-13(8-10-17(23)25-5)7-9-14(15)21-16(22)12-20-18(24)26-19(2,3)4/h7-11H,6,12H2,1-5H3,(H,20,24)/b10-8+. The Morgan fingerprint density at radius 1 is 1.31 bits per heavy atom. The van der Waals surface area contributed by atoms with E-state index in [2.05, 4.69) is 15.0 Å². The highest BCUT2D eigenvalue weighted by Gasteiger charge is 2.17. The monoisotopic (exact) mass is 359 g/mol. The number of hydrogen-bond donors (Lipinski definition) is 1. The number of ether oxygens (including phenoxy) is 2. The average molecular weight is 359 g/mol. The van der Waals surface area contributed by atoms with Gasteiger partial charge >= 0.3 is 12.1 Å². The van der Waals surface area contributed by atoms with E-state index in [0.29, 0.717) is 6.54 Å². The quantitative estimate of drug-likeness (QED) is 0.654. The number of fused-ring (bicyclic) bond motifs is 1. The molecular formula is C19H25N3O4. The Morgan fingerprint density at radius 3 is 2.65 bits per heavy atom. The minimum absolute atomic E-state index is 0.269. The molecule has 0 saturated heterocycles. The second-order valence-electron chi connectivity index (χ2n) is 6.73. The second-order valence-corrected chi connectivity index (χ2v) is 6.73. The van der Waals surface area contributed by atoms with Crippen molar-refractivity contribution in [3.05, 3.63) is 35.7 Å². The molecule has 0 bridgehead atoms. The Hall–Kier alpha value is -2.83. The smallest absolute Gasteiger partial charge is 0.408 e. The van der Waals surface area contributed by atoms with Crippen LogP contribution in [0, 0.1) is 0 Å². The Balaban J connectivity index is 2.22. The number of aromatic nitrogens is 2. The molecule has 0 unspecified atom stereocenters. The fourth-order valence-corrected chi connectivity index (χ4v) is 2.48. The van der Waals surface area contributed by atoms with Gasteiger partial charge in [0, 0.05) is 12.6 Å². The van der Waals surface area contributed by atoms with Crippen molar-refractivity contribution >= 4 is 29.2 Å². The van der Waals surface area contributed by atoms with Crippen LogP contribution in [0.1, 0.15) is 39.1 Å². The van der Waals surface area contributed by atoms with E-state index in [1.54, 1.807) is 6.08 Å². The van der Waals surface area contributed by atoms with Crippen molar-refractivity contribution in [2.24, 2.45) is 0 Å². The van der Waals surface area contributed by atoms with Crippen molar-refractivity contribution in [2.45, 2.75) is 46.4 Å². The summed E-state index contributed by atoms with van der Waals surface area (Å²) in [5.41, 5.74) is 2.07. The lowest BCUT2D eigenvalue weighted by molar-refractivity contribution is -0.134. The number of benzene rings is 1. The molecule has 0 aliphatic carbocycles. The summed E-state index contributed by atoms with van der Waals surface area (Å²) in [4.78, 5) is 27.7. The van der Waals surface area contributed by atoms with Gasteiger partial charge in [-0.1, -0.05) is 6.07 Å². The first-order valence-electron chi connectivity index (χ1n) is 8.45. The maximum absolute atomic E-state index is 11.9. The molecule has 140 valence electrons. The topological polar surface area (TPSA) is 82.5 Å². The predicted molar refractivity (Wildman–Crippen MR) is 99.5 cm³/mol. The summed E-state index contributed by atoms with van der Waals surface area (Å²) in [5.74, 6) is 0.332. The molecule has 1 aromatic heterocycles. The third kappa shape index (κ3) is 5.08. The van der Waals surface area contributed by atoms with Gasteiger partial charge in [-0.25, -0.2) is 14.6 Å². The highest BCUT2D eigenvalue weighted by Crippen LogP contribution is 2.19. The molecule has 7 nitrogen and oxygen atoms in total. The highest BCUT2D eigenvalue weighted by atomic mass is 16.6. The molecule has 7 heteroatoms. The minimum atomic E-state index is -0.546. The van der Waals surface area contributed by atoms with Gasteiger partial charge in [-0.15, -0.1) is 0 Å². The Kier molecular flexibility index (Phi) is 6.02. The molecule has 0 fully saturated rings. The van der Waals surface area contributed by atoms with E-state index in [4.69, 9.17) is 4.74 Å². The van der Waals surface area contributed by atoms with E-state index >= 15 is 0 Å². The lowest BCUT2D eigenvalue weighted by Gasteiger charge is -2.19. The summed E-state index contributed by atoms with van der Waals surface area (Å²) in [7, 11) is 1.34. The summed E-state index contributed by atoms with van der Waals surface area (Å²) < 4.78 is 11.9. The molecule has 1 N–H and O–H groups in total. The van der Waals surface area contributed by atoms with E-state index in [1.165, 1.54) is 13.2 Å². The molecule has 2 rings (SSSR count). The normalized spacial score (nSPS) is 11.7. The number of amides is 1. The van der Waals surface area contributed by atoms with Gasteiger partial charge in [0.25, 0.3) is 0 Å². The van der Waals surface area contributed by atoms with Crippen LogP contribution in [0.2, 0.25) is 0 Å². The van der Waals surface area contributed by atoms with Gasteiger partial charge in [-0.2, -0.15) is 0 Å². The van der Waals surface area contributed by atoms with Crippen molar-refractivity contribution < 1.29 is 19.1 Å². The SMILES string of the molecule is CCn1c(CNC(=O)OC(C)(C)C)nc2ccc(/C=C/C(=O)OC)cc21. The number of methoxy groups -OCH3 is 1. The summed E-state index contributed by atoms with van der Waals surface area (Å²) in [5, 5.41) is 2.73. The van der Waals surface area contributed by atoms with Crippen LogP contribution < -0.4 is 5.32 Å². The number of rotatable bonds is 5. The molecule has 0 radical (unpaired) electrons. The Labute approximate surface area is 153 Å². The number of nitrogens with one attached hydrogen (secondary N) is 1. The molecule has 1 amide bonds. The van der Waals surface area contributed by atoms with Crippen LogP contribution in [0.25, 0.3) is 17.1 Å². The number of hydrogen-bond acceptors (Lipinski definition) is 5. The van der Waals surface area contributed by atoms with Crippen molar-refractivity contribution in [3.63, 3.8) is 0 Å². The molecule has 1 aromatic carbocycles. The predicted octanol–water partition coefficient (Wildman–Crippen LogP) is 3.27. The fourth-order valence-electron chi connectivity index (χ4n) is 2.48. The molecule has 0 spiro atoms. The van der Waals surface area contributed by atoms with E-state index in [-0.39, 0.29) is 6.54 Å². The number of aryl methyl sites for hydroxylation is 1. The van der Waals surface area contributed by atoms with Crippen LogP contribution in [-0.4, -0.2) is 34.3 Å². The van der Waals surface area contributed by atoms with Crippen LogP contribution in [0.3, 0.4) is 0 Å². The van der Waals surface area contributed by atoms with Gasteiger partial charge in [-0.05, 0) is 51.5 Å². The molecule has 0 aliphatic rings. The third-order valence-corrected chi connectivity index (χ3v) is 3.57. The lowest BCUT2D eigenvalue weighted by atomic mass is 10.2. The van der Waals surface area contributed by atoms with Gasteiger partial charge in [0.1, 0.15) is 11.4 Å². The van der Waals surface area contributed by atoms with Crippen molar-refractivity contribution in [1.82, 2.24) is 14.9 Å². The summed E-state index contributed by atoms with van der Waals surface area (Å²) in [6, 6.07) is 5.71. The molecule has 0 aliphatic heterocycles. The van der Waals surface area contributed by atoms with Gasteiger partial charge in [-0.3, -0.25) is 0 Å². The minimum Gasteiger partial charge on any atom is -0.466 e.